The number of anilines is 1. The van der Waals surface area contributed by atoms with Crippen LogP contribution >= 0.6 is 23.4 Å². The molecule has 1 aromatic carbocycles. The van der Waals surface area contributed by atoms with Gasteiger partial charge in [0.2, 0.25) is 5.91 Å². The van der Waals surface area contributed by atoms with Crippen LogP contribution in [0.1, 0.15) is 6.92 Å². The number of halogens is 1. The molecular weight excluding hydrogens is 318 g/mol. The van der Waals surface area contributed by atoms with Crippen LogP contribution in [-0.2, 0) is 4.79 Å². The van der Waals surface area contributed by atoms with Crippen LogP contribution in [0.25, 0.3) is 5.52 Å². The van der Waals surface area contributed by atoms with E-state index in [-0.39, 0.29) is 11.2 Å². The van der Waals surface area contributed by atoms with Gasteiger partial charge < -0.3 is 5.32 Å². The first-order valence-electron chi connectivity index (χ1n) is 6.79. The van der Waals surface area contributed by atoms with E-state index in [2.05, 4.69) is 10.3 Å². The van der Waals surface area contributed by atoms with Gasteiger partial charge in [0.15, 0.2) is 5.16 Å². The molecule has 0 fully saturated rings. The Bertz CT molecular complexity index is 818. The third-order valence-corrected chi connectivity index (χ3v) is 4.60. The van der Waals surface area contributed by atoms with Gasteiger partial charge in [-0.3, -0.25) is 9.20 Å². The van der Waals surface area contributed by atoms with E-state index >= 15 is 0 Å². The van der Waals surface area contributed by atoms with E-state index in [1.807, 2.05) is 47.9 Å². The van der Waals surface area contributed by atoms with Crippen molar-refractivity contribution in [2.24, 2.45) is 0 Å². The Morgan fingerprint density at radius 2 is 2.05 bits per heavy atom. The minimum absolute atomic E-state index is 0.106. The normalized spacial score (nSPS) is 12.3. The molecule has 0 saturated heterocycles. The zero-order valence-electron chi connectivity index (χ0n) is 11.9. The number of aromatic nitrogens is 2. The van der Waals surface area contributed by atoms with Gasteiger partial charge in [-0.2, -0.15) is 0 Å². The molecular formula is C16H14ClN3OS. The van der Waals surface area contributed by atoms with Crippen molar-refractivity contribution < 1.29 is 4.79 Å². The highest BCUT2D eigenvalue weighted by Gasteiger charge is 2.18. The molecule has 0 unspecified atom stereocenters. The van der Waals surface area contributed by atoms with E-state index in [0.717, 1.165) is 10.7 Å². The van der Waals surface area contributed by atoms with Crippen molar-refractivity contribution >= 4 is 40.5 Å². The highest BCUT2D eigenvalue weighted by atomic mass is 35.5. The number of amides is 1. The van der Waals surface area contributed by atoms with E-state index in [9.17, 15) is 4.79 Å². The fraction of sp³-hybridized carbons (Fsp3) is 0.125. The number of nitrogens with one attached hydrogen (secondary N) is 1. The minimum Gasteiger partial charge on any atom is -0.324 e. The van der Waals surface area contributed by atoms with Crippen LogP contribution in [0.5, 0.6) is 0 Å². The van der Waals surface area contributed by atoms with Gasteiger partial charge in [0.05, 0.1) is 27.7 Å². The summed E-state index contributed by atoms with van der Waals surface area (Å²) in [7, 11) is 0. The number of thioether (sulfide) groups is 1. The monoisotopic (exact) mass is 331 g/mol. The summed E-state index contributed by atoms with van der Waals surface area (Å²) in [6, 6.07) is 13.1. The zero-order valence-corrected chi connectivity index (χ0v) is 13.4. The van der Waals surface area contributed by atoms with Crippen molar-refractivity contribution in [2.75, 3.05) is 5.32 Å². The lowest BCUT2D eigenvalue weighted by Gasteiger charge is -2.12. The molecule has 112 valence electrons. The molecule has 4 nitrogen and oxygen atoms in total. The van der Waals surface area contributed by atoms with Crippen molar-refractivity contribution in [2.45, 2.75) is 17.3 Å². The second-order valence-electron chi connectivity index (χ2n) is 4.77. The van der Waals surface area contributed by atoms with Gasteiger partial charge in [0.25, 0.3) is 0 Å². The minimum atomic E-state index is -0.290. The average Bonchev–Trinajstić information content (AvgIpc) is 2.93. The summed E-state index contributed by atoms with van der Waals surface area (Å²) in [5, 5.41) is 3.87. The van der Waals surface area contributed by atoms with Gasteiger partial charge in [-0.15, -0.1) is 0 Å². The molecule has 6 heteroatoms. The molecule has 1 N–H and O–H groups in total. The molecule has 0 radical (unpaired) electrons. The molecule has 2 aromatic heterocycles. The maximum atomic E-state index is 12.3. The van der Waals surface area contributed by atoms with Gasteiger partial charge in [-0.25, -0.2) is 4.98 Å². The molecule has 0 saturated carbocycles. The summed E-state index contributed by atoms with van der Waals surface area (Å²) in [4.78, 5) is 16.7. The number of nitrogens with zero attached hydrogens (tertiary/aromatic N) is 2. The fourth-order valence-corrected chi connectivity index (χ4v) is 3.07. The van der Waals surface area contributed by atoms with E-state index in [1.165, 1.54) is 11.8 Å². The van der Waals surface area contributed by atoms with Crippen LogP contribution in [0.2, 0.25) is 5.02 Å². The molecule has 2 heterocycles. The van der Waals surface area contributed by atoms with Crippen molar-refractivity contribution in [1.29, 1.82) is 0 Å². The molecule has 22 heavy (non-hydrogen) atoms. The molecule has 3 aromatic rings. The first-order chi connectivity index (χ1) is 10.6. The van der Waals surface area contributed by atoms with Crippen LogP contribution in [0, 0.1) is 0 Å². The summed E-state index contributed by atoms with van der Waals surface area (Å²) in [6.07, 6.45) is 3.73. The summed E-state index contributed by atoms with van der Waals surface area (Å²) in [6.45, 7) is 1.85. The molecule has 0 aliphatic heterocycles. The Morgan fingerprint density at radius 3 is 2.86 bits per heavy atom. The number of hydrogen-bond acceptors (Lipinski definition) is 3. The molecule has 3 rings (SSSR count). The smallest absolute Gasteiger partial charge is 0.237 e. The van der Waals surface area contributed by atoms with Gasteiger partial charge in [0.1, 0.15) is 0 Å². The Balaban J connectivity index is 1.73. The number of rotatable bonds is 4. The molecule has 0 spiro atoms. The largest absolute Gasteiger partial charge is 0.324 e. The standard InChI is InChI=1S/C16H14ClN3OS/c1-11(15(21)19-14-8-3-2-7-13(14)17)22-16-18-10-12-6-4-5-9-20(12)16/h2-11H,1H3,(H,19,21)/t11-/m1/s1. The van der Waals surface area contributed by atoms with Crippen molar-refractivity contribution in [3.8, 4) is 0 Å². The van der Waals surface area contributed by atoms with E-state index in [4.69, 9.17) is 11.6 Å². The lowest BCUT2D eigenvalue weighted by molar-refractivity contribution is -0.115. The van der Waals surface area contributed by atoms with Crippen LogP contribution in [-0.4, -0.2) is 20.5 Å². The number of carbonyl (C=O) groups is 1. The molecule has 0 aliphatic carbocycles. The topological polar surface area (TPSA) is 46.4 Å². The number of para-hydroxylation sites is 1. The highest BCUT2D eigenvalue weighted by molar-refractivity contribution is 8.00. The van der Waals surface area contributed by atoms with Crippen LogP contribution in [0.15, 0.2) is 60.0 Å². The van der Waals surface area contributed by atoms with Crippen molar-refractivity contribution in [3.05, 3.63) is 59.9 Å². The second-order valence-corrected chi connectivity index (χ2v) is 6.48. The van der Waals surface area contributed by atoms with Gasteiger partial charge in [-0.05, 0) is 31.2 Å². The predicted octanol–water partition coefficient (Wildman–Crippen LogP) is 4.11. The number of benzene rings is 1. The number of hydrogen-bond donors (Lipinski definition) is 1. The average molecular weight is 332 g/mol. The molecule has 0 bridgehead atoms. The van der Waals surface area contributed by atoms with Crippen LogP contribution in [0.4, 0.5) is 5.69 Å². The van der Waals surface area contributed by atoms with Crippen LogP contribution < -0.4 is 5.32 Å². The second kappa shape index (κ2) is 6.42. The van der Waals surface area contributed by atoms with Crippen molar-refractivity contribution in [1.82, 2.24) is 9.38 Å². The van der Waals surface area contributed by atoms with Crippen molar-refractivity contribution in [3.63, 3.8) is 0 Å². The predicted molar refractivity (Wildman–Crippen MR) is 90.6 cm³/mol. The maximum Gasteiger partial charge on any atom is 0.237 e. The van der Waals surface area contributed by atoms with E-state index in [0.29, 0.717) is 10.7 Å². The summed E-state index contributed by atoms with van der Waals surface area (Å²) < 4.78 is 1.96. The first kappa shape index (κ1) is 14.9. The third-order valence-electron chi connectivity index (χ3n) is 3.19. The molecule has 1 atom stereocenters. The quantitative estimate of drug-likeness (QED) is 0.732. The van der Waals surface area contributed by atoms with Gasteiger partial charge in [0, 0.05) is 6.20 Å². The zero-order chi connectivity index (χ0) is 15.5. The Morgan fingerprint density at radius 1 is 1.27 bits per heavy atom. The van der Waals surface area contributed by atoms with Gasteiger partial charge in [-0.1, -0.05) is 41.6 Å². The summed E-state index contributed by atoms with van der Waals surface area (Å²) >= 11 is 7.47. The fourth-order valence-electron chi connectivity index (χ4n) is 2.02. The van der Waals surface area contributed by atoms with Crippen LogP contribution in [0.3, 0.4) is 0 Å². The Hall–Kier alpha value is -1.98. The number of carbonyl (C=O) groups excluding carboxylic acids is 1. The molecule has 1 amide bonds. The number of pyridine rings is 1. The van der Waals surface area contributed by atoms with E-state index in [1.54, 1.807) is 18.3 Å². The lowest BCUT2D eigenvalue weighted by Crippen LogP contribution is -2.22. The Labute approximate surface area is 137 Å². The number of imidazole rings is 1. The maximum absolute atomic E-state index is 12.3. The van der Waals surface area contributed by atoms with E-state index < -0.39 is 0 Å². The highest BCUT2D eigenvalue weighted by Crippen LogP contribution is 2.26. The summed E-state index contributed by atoms with van der Waals surface area (Å²) in [5.74, 6) is -0.106. The SMILES string of the molecule is C[C@@H](Sc1ncc2ccccn12)C(=O)Nc1ccccc1Cl. The third kappa shape index (κ3) is 3.10. The summed E-state index contributed by atoms with van der Waals surface area (Å²) in [5.41, 5.74) is 1.62. The lowest BCUT2D eigenvalue weighted by atomic mass is 10.3. The number of fused-ring (bicyclic) bond motifs is 1. The van der Waals surface area contributed by atoms with Gasteiger partial charge >= 0.3 is 0 Å². The Kier molecular flexibility index (Phi) is 4.36. The first-order valence-corrected chi connectivity index (χ1v) is 8.05. The molecule has 0 aliphatic rings.